The molecule has 1 N–H and O–H groups in total. The van der Waals surface area contributed by atoms with Crippen molar-refractivity contribution in [3.63, 3.8) is 0 Å². The quantitative estimate of drug-likeness (QED) is 0.667. The van der Waals surface area contributed by atoms with Crippen LogP contribution in [0.3, 0.4) is 0 Å². The van der Waals surface area contributed by atoms with Gasteiger partial charge in [-0.2, -0.15) is 5.10 Å². The van der Waals surface area contributed by atoms with Crippen LogP contribution in [0.2, 0.25) is 5.15 Å². The van der Waals surface area contributed by atoms with E-state index in [1.165, 1.54) is 7.05 Å². The second-order valence-electron chi connectivity index (χ2n) is 5.97. The van der Waals surface area contributed by atoms with Gasteiger partial charge >= 0.3 is 0 Å². The lowest BCUT2D eigenvalue weighted by Gasteiger charge is -2.06. The highest BCUT2D eigenvalue weighted by Crippen LogP contribution is 2.23. The highest BCUT2D eigenvalue weighted by atomic mass is 35.5. The summed E-state index contributed by atoms with van der Waals surface area (Å²) in [5.41, 5.74) is 2.01. The van der Waals surface area contributed by atoms with Crippen LogP contribution >= 0.6 is 11.6 Å². The maximum absolute atomic E-state index is 12.3. The summed E-state index contributed by atoms with van der Waals surface area (Å²) in [7, 11) is -5.62. The summed E-state index contributed by atoms with van der Waals surface area (Å²) in [5, 5.41) is 4.63. The summed E-state index contributed by atoms with van der Waals surface area (Å²) in [6.07, 6.45) is 0.0281. The molecule has 0 aliphatic heterocycles. The number of sulfonamides is 1. The number of halogens is 1. The molecule has 7 nitrogen and oxygen atoms in total. The Labute approximate surface area is 159 Å². The molecule has 144 valence electrons. The lowest BCUT2D eigenvalue weighted by atomic mass is 10.2. The molecule has 1 heterocycles. The minimum Gasteiger partial charge on any atom is -0.249 e. The average Bonchev–Trinajstić information content (AvgIpc) is 2.82. The minimum atomic E-state index is -3.50. The first kappa shape index (κ1) is 20.9. The molecule has 2 rings (SSSR count). The van der Waals surface area contributed by atoms with Gasteiger partial charge in [-0.05, 0) is 26.0 Å². The lowest BCUT2D eigenvalue weighted by molar-refractivity contribution is 0.584. The molecule has 0 radical (unpaired) electrons. The van der Waals surface area contributed by atoms with Crippen molar-refractivity contribution in [2.45, 2.75) is 25.6 Å². The first-order valence-corrected chi connectivity index (χ1v) is 11.9. The van der Waals surface area contributed by atoms with Gasteiger partial charge in [0, 0.05) is 5.56 Å². The molecule has 1 aromatic carbocycles. The maximum Gasteiger partial charge on any atom is 0.211 e. The summed E-state index contributed by atoms with van der Waals surface area (Å²) in [5.74, 6) is -0.720. The Morgan fingerprint density at radius 3 is 2.38 bits per heavy atom. The van der Waals surface area contributed by atoms with E-state index in [1.807, 2.05) is 30.3 Å². The number of benzene rings is 1. The van der Waals surface area contributed by atoms with E-state index in [0.29, 0.717) is 17.8 Å². The molecule has 2 aromatic rings. The second kappa shape index (κ2) is 8.51. The summed E-state index contributed by atoms with van der Waals surface area (Å²) >= 11 is 6.34. The predicted molar refractivity (Wildman–Crippen MR) is 102 cm³/mol. The Balaban J connectivity index is 2.09. The third-order valence-electron chi connectivity index (χ3n) is 3.90. The van der Waals surface area contributed by atoms with E-state index in [0.717, 1.165) is 5.56 Å². The zero-order chi connectivity index (χ0) is 19.4. The molecule has 0 saturated heterocycles. The van der Waals surface area contributed by atoms with E-state index < -0.39 is 19.9 Å². The minimum absolute atomic E-state index is 0.0281. The van der Waals surface area contributed by atoms with Crippen molar-refractivity contribution >= 4 is 31.5 Å². The molecular formula is C16H22ClN3O4S2. The average molecular weight is 420 g/mol. The van der Waals surface area contributed by atoms with Gasteiger partial charge in [0.05, 0.1) is 29.5 Å². The van der Waals surface area contributed by atoms with Crippen LogP contribution in [0.4, 0.5) is 0 Å². The third-order valence-corrected chi connectivity index (χ3v) is 7.41. The van der Waals surface area contributed by atoms with Crippen molar-refractivity contribution < 1.29 is 16.8 Å². The molecule has 0 aliphatic carbocycles. The molecule has 0 spiro atoms. The van der Waals surface area contributed by atoms with Crippen molar-refractivity contribution in [2.24, 2.45) is 0 Å². The Hall–Kier alpha value is -1.42. The van der Waals surface area contributed by atoms with Gasteiger partial charge in [0.1, 0.15) is 5.15 Å². The van der Waals surface area contributed by atoms with Crippen LogP contribution in [0.5, 0.6) is 0 Å². The molecule has 0 aliphatic rings. The van der Waals surface area contributed by atoms with Crippen LogP contribution in [-0.2, 0) is 32.2 Å². The van der Waals surface area contributed by atoms with E-state index in [9.17, 15) is 16.8 Å². The fraction of sp³-hybridized carbons (Fsp3) is 0.438. The standard InChI is InChI=1S/C16H22ClN3O4S2/c1-13-15(12-25(21,22)9-6-10-26(23,24)18-2)16(17)20(19-13)11-14-7-4-3-5-8-14/h3-5,7-8,18H,6,9-12H2,1-2H3. The SMILES string of the molecule is CNS(=O)(=O)CCCS(=O)(=O)Cc1c(C)nn(Cc2ccccc2)c1Cl. The van der Waals surface area contributed by atoms with E-state index in [-0.39, 0.29) is 28.8 Å². The number of hydrogen-bond donors (Lipinski definition) is 1. The van der Waals surface area contributed by atoms with Crippen molar-refractivity contribution in [3.05, 3.63) is 52.3 Å². The van der Waals surface area contributed by atoms with Crippen LogP contribution in [0.1, 0.15) is 23.2 Å². The van der Waals surface area contributed by atoms with Crippen LogP contribution in [-0.4, -0.2) is 45.2 Å². The van der Waals surface area contributed by atoms with Gasteiger partial charge in [0.15, 0.2) is 9.84 Å². The van der Waals surface area contributed by atoms with Gasteiger partial charge in [-0.25, -0.2) is 26.2 Å². The zero-order valence-corrected chi connectivity index (χ0v) is 17.0. The number of nitrogens with one attached hydrogen (secondary N) is 1. The molecule has 0 atom stereocenters. The van der Waals surface area contributed by atoms with E-state index in [1.54, 1.807) is 11.6 Å². The molecule has 0 amide bonds. The monoisotopic (exact) mass is 419 g/mol. The molecule has 10 heteroatoms. The van der Waals surface area contributed by atoms with Crippen molar-refractivity contribution in [2.75, 3.05) is 18.6 Å². The smallest absolute Gasteiger partial charge is 0.211 e. The fourth-order valence-electron chi connectivity index (χ4n) is 2.48. The van der Waals surface area contributed by atoms with Gasteiger partial charge in [-0.3, -0.25) is 0 Å². The van der Waals surface area contributed by atoms with Crippen LogP contribution in [0.25, 0.3) is 0 Å². The number of sulfone groups is 1. The van der Waals surface area contributed by atoms with Gasteiger partial charge in [-0.1, -0.05) is 41.9 Å². The van der Waals surface area contributed by atoms with E-state index >= 15 is 0 Å². The summed E-state index contributed by atoms with van der Waals surface area (Å²) < 4.78 is 51.2. The zero-order valence-electron chi connectivity index (χ0n) is 14.6. The Morgan fingerprint density at radius 1 is 1.12 bits per heavy atom. The normalized spacial score (nSPS) is 12.4. The summed E-state index contributed by atoms with van der Waals surface area (Å²) in [4.78, 5) is 0. The maximum atomic E-state index is 12.3. The lowest BCUT2D eigenvalue weighted by Crippen LogP contribution is -2.23. The number of nitrogens with zero attached hydrogens (tertiary/aromatic N) is 2. The number of rotatable bonds is 9. The van der Waals surface area contributed by atoms with E-state index in [2.05, 4.69) is 9.82 Å². The first-order chi connectivity index (χ1) is 12.1. The van der Waals surface area contributed by atoms with Crippen LogP contribution < -0.4 is 4.72 Å². The molecule has 0 bridgehead atoms. The van der Waals surface area contributed by atoms with Crippen molar-refractivity contribution in [3.8, 4) is 0 Å². The van der Waals surface area contributed by atoms with Gasteiger partial charge in [-0.15, -0.1) is 0 Å². The highest BCUT2D eigenvalue weighted by Gasteiger charge is 2.21. The van der Waals surface area contributed by atoms with Crippen molar-refractivity contribution in [1.82, 2.24) is 14.5 Å². The molecule has 26 heavy (non-hydrogen) atoms. The van der Waals surface area contributed by atoms with Gasteiger partial charge in [0.2, 0.25) is 10.0 Å². The van der Waals surface area contributed by atoms with Crippen molar-refractivity contribution in [1.29, 1.82) is 0 Å². The topological polar surface area (TPSA) is 98.1 Å². The largest absolute Gasteiger partial charge is 0.249 e. The second-order valence-corrected chi connectivity index (χ2v) is 10.6. The number of aryl methyl sites for hydroxylation is 1. The molecule has 0 saturated carbocycles. The molecule has 1 aromatic heterocycles. The van der Waals surface area contributed by atoms with Crippen LogP contribution in [0, 0.1) is 6.92 Å². The third kappa shape index (κ3) is 5.80. The first-order valence-electron chi connectivity index (χ1n) is 8.01. The molecule has 0 fully saturated rings. The summed E-state index contributed by atoms with van der Waals surface area (Å²) in [6.45, 7) is 2.16. The summed E-state index contributed by atoms with van der Waals surface area (Å²) in [6, 6.07) is 9.60. The molecule has 0 unspecified atom stereocenters. The highest BCUT2D eigenvalue weighted by molar-refractivity contribution is 7.91. The number of hydrogen-bond acceptors (Lipinski definition) is 5. The predicted octanol–water partition coefficient (Wildman–Crippen LogP) is 1.75. The van der Waals surface area contributed by atoms with Gasteiger partial charge in [0.25, 0.3) is 0 Å². The Morgan fingerprint density at radius 2 is 1.77 bits per heavy atom. The van der Waals surface area contributed by atoms with Gasteiger partial charge < -0.3 is 0 Å². The van der Waals surface area contributed by atoms with E-state index in [4.69, 9.17) is 11.6 Å². The molecular weight excluding hydrogens is 398 g/mol. The Bertz CT molecular complexity index is 955. The Kier molecular flexibility index (Phi) is 6.84. The fourth-order valence-corrected chi connectivity index (χ4v) is 5.28. The van der Waals surface area contributed by atoms with Crippen LogP contribution in [0.15, 0.2) is 30.3 Å². The number of aromatic nitrogens is 2.